The maximum atomic E-state index is 14.3. The van der Waals surface area contributed by atoms with Crippen molar-refractivity contribution in [2.45, 2.75) is 32.7 Å². The Labute approximate surface area is 134 Å². The minimum Gasteiger partial charge on any atom is -0.306 e. The Bertz CT molecular complexity index is 560. The Kier molecular flexibility index (Phi) is 5.95. The molecule has 2 aromatic rings. The molecule has 21 heavy (non-hydrogen) atoms. The van der Waals surface area contributed by atoms with Crippen LogP contribution in [0.15, 0.2) is 46.9 Å². The Morgan fingerprint density at radius 2 is 1.81 bits per heavy atom. The molecule has 0 fully saturated rings. The first-order valence-corrected chi connectivity index (χ1v) is 8.22. The normalized spacial score (nSPS) is 12.4. The van der Waals surface area contributed by atoms with Crippen molar-refractivity contribution in [1.29, 1.82) is 0 Å². The Hall–Kier alpha value is -1.19. The minimum absolute atomic E-state index is 0.133. The van der Waals surface area contributed by atoms with Gasteiger partial charge in [-0.15, -0.1) is 0 Å². The highest BCUT2D eigenvalue weighted by Gasteiger charge is 2.19. The lowest BCUT2D eigenvalue weighted by atomic mass is 9.96. The zero-order valence-electron chi connectivity index (χ0n) is 12.5. The summed E-state index contributed by atoms with van der Waals surface area (Å²) in [5.41, 5.74) is 3.06. The van der Waals surface area contributed by atoms with Crippen molar-refractivity contribution in [3.63, 3.8) is 0 Å². The summed E-state index contributed by atoms with van der Waals surface area (Å²) in [7, 11) is 0. The van der Waals surface area contributed by atoms with Gasteiger partial charge in [0, 0.05) is 10.0 Å². The van der Waals surface area contributed by atoms with E-state index in [1.165, 1.54) is 11.6 Å². The van der Waals surface area contributed by atoms with Crippen molar-refractivity contribution in [2.75, 3.05) is 6.54 Å². The third-order valence-electron chi connectivity index (χ3n) is 3.61. The predicted molar refractivity (Wildman–Crippen MR) is 90.1 cm³/mol. The molecule has 112 valence electrons. The van der Waals surface area contributed by atoms with Crippen LogP contribution in [0, 0.1) is 5.82 Å². The van der Waals surface area contributed by atoms with Crippen LogP contribution in [0.1, 0.15) is 43.0 Å². The molecular weight excluding hydrogens is 329 g/mol. The lowest BCUT2D eigenvalue weighted by molar-refractivity contribution is 0.544. The molecule has 2 aromatic carbocycles. The lowest BCUT2D eigenvalue weighted by Crippen LogP contribution is -2.24. The summed E-state index contributed by atoms with van der Waals surface area (Å²) in [6.07, 6.45) is 2.02. The fraction of sp³-hybridized carbons (Fsp3) is 0.333. The van der Waals surface area contributed by atoms with Gasteiger partial charge in [-0.1, -0.05) is 60.1 Å². The quantitative estimate of drug-likeness (QED) is 0.751. The van der Waals surface area contributed by atoms with E-state index in [0.717, 1.165) is 29.4 Å². The van der Waals surface area contributed by atoms with Crippen LogP contribution < -0.4 is 5.32 Å². The molecule has 0 saturated carbocycles. The van der Waals surface area contributed by atoms with Gasteiger partial charge in [0.1, 0.15) is 5.82 Å². The highest BCUT2D eigenvalue weighted by molar-refractivity contribution is 9.10. The van der Waals surface area contributed by atoms with Gasteiger partial charge in [-0.25, -0.2) is 4.39 Å². The molecule has 0 amide bonds. The first-order chi connectivity index (χ1) is 10.2. The molecule has 0 aliphatic heterocycles. The number of halogens is 2. The molecule has 0 aromatic heterocycles. The van der Waals surface area contributed by atoms with Crippen LogP contribution >= 0.6 is 15.9 Å². The summed E-state index contributed by atoms with van der Waals surface area (Å²) in [6.45, 7) is 5.09. The average molecular weight is 350 g/mol. The number of benzene rings is 2. The van der Waals surface area contributed by atoms with Gasteiger partial charge in [0.2, 0.25) is 0 Å². The summed E-state index contributed by atoms with van der Waals surface area (Å²) in [5.74, 6) is -0.183. The van der Waals surface area contributed by atoms with Gasteiger partial charge in [0.15, 0.2) is 0 Å². The van der Waals surface area contributed by atoms with Gasteiger partial charge in [-0.3, -0.25) is 0 Å². The van der Waals surface area contributed by atoms with Gasteiger partial charge >= 0.3 is 0 Å². The summed E-state index contributed by atoms with van der Waals surface area (Å²) in [4.78, 5) is 0. The Morgan fingerprint density at radius 3 is 2.38 bits per heavy atom. The van der Waals surface area contributed by atoms with Crippen molar-refractivity contribution >= 4 is 15.9 Å². The molecule has 0 saturated heterocycles. The molecule has 1 atom stereocenters. The van der Waals surface area contributed by atoms with Crippen LogP contribution in [0.2, 0.25) is 0 Å². The number of hydrogen-bond acceptors (Lipinski definition) is 1. The number of rotatable bonds is 6. The molecule has 3 heteroatoms. The first kappa shape index (κ1) is 16.2. The summed E-state index contributed by atoms with van der Waals surface area (Å²) in [5, 5.41) is 3.45. The Balaban J connectivity index is 2.41. The fourth-order valence-electron chi connectivity index (χ4n) is 2.41. The van der Waals surface area contributed by atoms with Crippen LogP contribution in [0.25, 0.3) is 0 Å². The number of aryl methyl sites for hydroxylation is 1. The van der Waals surface area contributed by atoms with Crippen molar-refractivity contribution in [2.24, 2.45) is 0 Å². The lowest BCUT2D eigenvalue weighted by Gasteiger charge is -2.21. The third kappa shape index (κ3) is 3.92. The zero-order valence-corrected chi connectivity index (χ0v) is 14.1. The molecule has 1 N–H and O–H groups in total. The van der Waals surface area contributed by atoms with Gasteiger partial charge in [0.25, 0.3) is 0 Å². The molecule has 0 heterocycles. The highest BCUT2D eigenvalue weighted by Crippen LogP contribution is 2.31. The molecule has 0 spiro atoms. The van der Waals surface area contributed by atoms with E-state index in [9.17, 15) is 4.39 Å². The van der Waals surface area contributed by atoms with Crippen LogP contribution in [-0.2, 0) is 6.42 Å². The first-order valence-electron chi connectivity index (χ1n) is 7.43. The maximum Gasteiger partial charge on any atom is 0.129 e. The second kappa shape index (κ2) is 7.71. The molecule has 2 rings (SSSR count). The van der Waals surface area contributed by atoms with Gasteiger partial charge in [0.05, 0.1) is 6.04 Å². The van der Waals surface area contributed by atoms with Crippen molar-refractivity contribution < 1.29 is 4.39 Å². The van der Waals surface area contributed by atoms with Gasteiger partial charge in [-0.2, -0.15) is 0 Å². The monoisotopic (exact) mass is 349 g/mol. The van der Waals surface area contributed by atoms with E-state index in [4.69, 9.17) is 0 Å². The molecule has 0 aliphatic carbocycles. The van der Waals surface area contributed by atoms with Crippen LogP contribution in [0.3, 0.4) is 0 Å². The van der Waals surface area contributed by atoms with Crippen molar-refractivity contribution in [3.8, 4) is 0 Å². The zero-order chi connectivity index (χ0) is 15.2. The topological polar surface area (TPSA) is 12.0 Å². The van der Waals surface area contributed by atoms with E-state index in [1.54, 1.807) is 6.07 Å². The van der Waals surface area contributed by atoms with Crippen LogP contribution in [-0.4, -0.2) is 6.54 Å². The van der Waals surface area contributed by atoms with Crippen molar-refractivity contribution in [3.05, 3.63) is 69.4 Å². The summed E-state index contributed by atoms with van der Waals surface area (Å²) < 4.78 is 15.1. The predicted octanol–water partition coefficient (Wildman–Crippen LogP) is 5.24. The average Bonchev–Trinajstić information content (AvgIpc) is 2.50. The molecular formula is C18H21BrFN. The van der Waals surface area contributed by atoms with E-state index < -0.39 is 0 Å². The molecule has 0 radical (unpaired) electrons. The third-order valence-corrected chi connectivity index (χ3v) is 4.30. The van der Waals surface area contributed by atoms with Crippen LogP contribution in [0.4, 0.5) is 4.39 Å². The van der Waals surface area contributed by atoms with Gasteiger partial charge < -0.3 is 5.32 Å². The largest absolute Gasteiger partial charge is 0.306 e. The maximum absolute atomic E-state index is 14.3. The van der Waals surface area contributed by atoms with Crippen molar-refractivity contribution in [1.82, 2.24) is 5.32 Å². The van der Waals surface area contributed by atoms with E-state index in [1.807, 2.05) is 6.07 Å². The number of hydrogen-bond donors (Lipinski definition) is 1. The van der Waals surface area contributed by atoms with E-state index in [0.29, 0.717) is 5.56 Å². The smallest absolute Gasteiger partial charge is 0.129 e. The standard InChI is InChI=1S/C18H21BrFN/c1-3-12-21-18(14-10-8-13(4-2)9-11-14)17-15(19)6-5-7-16(17)20/h5-11,18,21H,3-4,12H2,1-2H3. The Morgan fingerprint density at radius 1 is 1.10 bits per heavy atom. The van der Waals surface area contributed by atoms with E-state index >= 15 is 0 Å². The minimum atomic E-state index is -0.183. The summed E-state index contributed by atoms with van der Waals surface area (Å²) in [6, 6.07) is 13.4. The van der Waals surface area contributed by atoms with Gasteiger partial charge in [-0.05, 0) is 42.6 Å². The molecule has 1 nitrogen and oxygen atoms in total. The van der Waals surface area contributed by atoms with E-state index in [-0.39, 0.29) is 11.9 Å². The van der Waals surface area contributed by atoms with E-state index in [2.05, 4.69) is 59.4 Å². The SMILES string of the molecule is CCCNC(c1ccc(CC)cc1)c1c(F)cccc1Br. The second-order valence-electron chi connectivity index (χ2n) is 5.12. The fourth-order valence-corrected chi connectivity index (χ4v) is 2.98. The van der Waals surface area contributed by atoms with Crippen LogP contribution in [0.5, 0.6) is 0 Å². The highest BCUT2D eigenvalue weighted by atomic mass is 79.9. The number of nitrogens with one attached hydrogen (secondary N) is 1. The molecule has 0 bridgehead atoms. The second-order valence-corrected chi connectivity index (χ2v) is 5.97. The summed E-state index contributed by atoms with van der Waals surface area (Å²) >= 11 is 3.49. The molecule has 1 unspecified atom stereocenters. The molecule has 0 aliphatic rings.